The zero-order valence-corrected chi connectivity index (χ0v) is 15.5. The minimum atomic E-state index is -0.651. The average molecular weight is 381 g/mol. The molecule has 28 heavy (non-hydrogen) atoms. The molecule has 0 amide bonds. The maximum Gasteiger partial charge on any atom is 0.345 e. The second-order valence-electron chi connectivity index (χ2n) is 5.76. The molecule has 0 aliphatic rings. The molecule has 1 heterocycles. The summed E-state index contributed by atoms with van der Waals surface area (Å²) in [5.74, 6) is 0.261. The Labute approximate surface area is 161 Å². The second kappa shape index (κ2) is 8.81. The van der Waals surface area contributed by atoms with E-state index in [0.29, 0.717) is 22.4 Å². The van der Waals surface area contributed by atoms with E-state index in [2.05, 4.69) is 10.3 Å². The predicted molar refractivity (Wildman–Crippen MR) is 103 cm³/mol. The second-order valence-corrected chi connectivity index (χ2v) is 5.76. The molecule has 0 bridgehead atoms. The van der Waals surface area contributed by atoms with E-state index in [1.54, 1.807) is 36.4 Å². The number of allylic oxidation sites excluding steroid dienone is 1. The maximum atomic E-state index is 12.3. The molecule has 0 atom stereocenters. The molecule has 0 N–H and O–H groups in total. The van der Waals surface area contributed by atoms with Crippen LogP contribution in [0.5, 0.6) is 11.5 Å². The molecule has 3 rings (SSSR count). The largest absolute Gasteiger partial charge is 0.493 e. The van der Waals surface area contributed by atoms with Crippen molar-refractivity contribution in [3.05, 3.63) is 64.5 Å². The van der Waals surface area contributed by atoms with E-state index in [4.69, 9.17) is 14.2 Å². The van der Waals surface area contributed by atoms with Crippen LogP contribution in [0, 0.1) is 0 Å². The molecule has 8 nitrogen and oxygen atoms in total. The first-order chi connectivity index (χ1) is 13.6. The van der Waals surface area contributed by atoms with Crippen LogP contribution in [0.3, 0.4) is 0 Å². The summed E-state index contributed by atoms with van der Waals surface area (Å²) in [5, 5.41) is 8.09. The number of esters is 1. The average Bonchev–Trinajstić information content (AvgIpc) is 2.72. The highest BCUT2D eigenvalue weighted by atomic mass is 16.6. The van der Waals surface area contributed by atoms with Crippen molar-refractivity contribution < 1.29 is 19.0 Å². The highest BCUT2D eigenvalue weighted by molar-refractivity contribution is 5.76. The number of benzene rings is 2. The summed E-state index contributed by atoms with van der Waals surface area (Å²) in [5.41, 5.74) is 1.04. The van der Waals surface area contributed by atoms with Crippen molar-refractivity contribution in [2.24, 2.45) is 0 Å². The lowest BCUT2D eigenvalue weighted by molar-refractivity contribution is -0.150. The van der Waals surface area contributed by atoms with Crippen LogP contribution in [0.1, 0.15) is 12.5 Å². The number of nitrogens with zero attached hydrogens (tertiary/aromatic N) is 3. The first-order valence-electron chi connectivity index (χ1n) is 8.54. The standard InChI is InChI=1S/C20H19N3O5/c1-3-6-14-9-10-17(18(11-14)26-2)27-12-19(24)28-13-23-20(25)15-7-4-5-8-16(15)21-22-23/h3-11H,12-13H2,1-2H3. The van der Waals surface area contributed by atoms with Crippen molar-refractivity contribution in [2.45, 2.75) is 13.7 Å². The highest BCUT2D eigenvalue weighted by Crippen LogP contribution is 2.28. The number of hydrogen-bond acceptors (Lipinski definition) is 7. The quantitative estimate of drug-likeness (QED) is 0.580. The van der Waals surface area contributed by atoms with Gasteiger partial charge in [-0.3, -0.25) is 4.79 Å². The van der Waals surface area contributed by atoms with Gasteiger partial charge in [0.15, 0.2) is 24.8 Å². The van der Waals surface area contributed by atoms with Crippen LogP contribution in [0.15, 0.2) is 53.3 Å². The molecule has 2 aromatic carbocycles. The molecule has 0 unspecified atom stereocenters. The summed E-state index contributed by atoms with van der Waals surface area (Å²) in [6.45, 7) is 1.23. The van der Waals surface area contributed by atoms with Gasteiger partial charge in [0.05, 0.1) is 12.5 Å². The third kappa shape index (κ3) is 4.35. The van der Waals surface area contributed by atoms with Gasteiger partial charge in [0.1, 0.15) is 5.52 Å². The Morgan fingerprint density at radius 1 is 1.18 bits per heavy atom. The van der Waals surface area contributed by atoms with Crippen molar-refractivity contribution >= 4 is 22.9 Å². The van der Waals surface area contributed by atoms with Gasteiger partial charge < -0.3 is 14.2 Å². The van der Waals surface area contributed by atoms with E-state index in [1.165, 1.54) is 7.11 Å². The number of methoxy groups -OCH3 is 1. The topological polar surface area (TPSA) is 92.5 Å². The van der Waals surface area contributed by atoms with Crippen molar-refractivity contribution in [3.8, 4) is 11.5 Å². The van der Waals surface area contributed by atoms with Crippen LogP contribution in [0.2, 0.25) is 0 Å². The lowest BCUT2D eigenvalue weighted by Gasteiger charge is -2.11. The summed E-state index contributed by atoms with van der Waals surface area (Å²) < 4.78 is 16.8. The molecular formula is C20H19N3O5. The number of ether oxygens (including phenoxy) is 3. The summed E-state index contributed by atoms with van der Waals surface area (Å²) >= 11 is 0. The summed E-state index contributed by atoms with van der Waals surface area (Å²) in [6, 6.07) is 12.2. The van der Waals surface area contributed by atoms with Crippen LogP contribution >= 0.6 is 0 Å². The molecule has 0 saturated carbocycles. The van der Waals surface area contributed by atoms with Crippen LogP contribution in [-0.4, -0.2) is 34.7 Å². The molecular weight excluding hydrogens is 362 g/mol. The molecule has 0 aliphatic heterocycles. The monoisotopic (exact) mass is 381 g/mol. The third-order valence-corrected chi connectivity index (χ3v) is 3.87. The molecule has 0 saturated heterocycles. The van der Waals surface area contributed by atoms with Gasteiger partial charge in [-0.1, -0.05) is 35.6 Å². The molecule has 0 radical (unpaired) electrons. The van der Waals surface area contributed by atoms with Gasteiger partial charge in [0.2, 0.25) is 0 Å². The Bertz CT molecular complexity index is 1070. The fraction of sp³-hybridized carbons (Fsp3) is 0.200. The molecule has 0 aliphatic carbocycles. The molecule has 1 aromatic heterocycles. The highest BCUT2D eigenvalue weighted by Gasteiger charge is 2.11. The van der Waals surface area contributed by atoms with Crippen LogP contribution in [-0.2, 0) is 16.3 Å². The number of carbonyl (C=O) groups excluding carboxylic acids is 1. The molecule has 0 fully saturated rings. The van der Waals surface area contributed by atoms with Gasteiger partial charge in [-0.25, -0.2) is 4.79 Å². The van der Waals surface area contributed by atoms with E-state index >= 15 is 0 Å². The van der Waals surface area contributed by atoms with E-state index in [1.807, 2.05) is 25.1 Å². The Balaban J connectivity index is 1.61. The summed E-state index contributed by atoms with van der Waals surface area (Å²) in [6.07, 6.45) is 3.83. The fourth-order valence-electron chi connectivity index (χ4n) is 2.52. The molecule has 8 heteroatoms. The van der Waals surface area contributed by atoms with Gasteiger partial charge in [-0.2, -0.15) is 4.68 Å². The van der Waals surface area contributed by atoms with Crippen molar-refractivity contribution in [2.75, 3.05) is 13.7 Å². The van der Waals surface area contributed by atoms with Crippen LogP contribution in [0.4, 0.5) is 0 Å². The van der Waals surface area contributed by atoms with Crippen LogP contribution < -0.4 is 15.0 Å². The Kier molecular flexibility index (Phi) is 6.01. The zero-order valence-electron chi connectivity index (χ0n) is 15.5. The van der Waals surface area contributed by atoms with Gasteiger partial charge in [0.25, 0.3) is 5.56 Å². The molecule has 3 aromatic rings. The summed E-state index contributed by atoms with van der Waals surface area (Å²) in [4.78, 5) is 24.3. The van der Waals surface area contributed by atoms with Crippen molar-refractivity contribution in [3.63, 3.8) is 0 Å². The van der Waals surface area contributed by atoms with Gasteiger partial charge in [-0.05, 0) is 36.8 Å². The minimum absolute atomic E-state index is 0.338. The first-order valence-corrected chi connectivity index (χ1v) is 8.54. The van der Waals surface area contributed by atoms with E-state index in [9.17, 15) is 9.59 Å². The SMILES string of the molecule is CC=Cc1ccc(OCC(=O)OCn2nnc3ccccc3c2=O)c(OC)c1. The van der Waals surface area contributed by atoms with Crippen molar-refractivity contribution in [1.82, 2.24) is 15.0 Å². The Morgan fingerprint density at radius 2 is 2.00 bits per heavy atom. The molecule has 0 spiro atoms. The third-order valence-electron chi connectivity index (χ3n) is 3.87. The Morgan fingerprint density at radius 3 is 2.79 bits per heavy atom. The van der Waals surface area contributed by atoms with E-state index in [0.717, 1.165) is 10.2 Å². The predicted octanol–water partition coefficient (Wildman–Crippen LogP) is 2.41. The zero-order chi connectivity index (χ0) is 19.9. The van der Waals surface area contributed by atoms with Gasteiger partial charge in [0, 0.05) is 0 Å². The van der Waals surface area contributed by atoms with Crippen LogP contribution in [0.25, 0.3) is 17.0 Å². The van der Waals surface area contributed by atoms with E-state index < -0.39 is 5.97 Å². The van der Waals surface area contributed by atoms with Crippen molar-refractivity contribution in [1.29, 1.82) is 0 Å². The lowest BCUT2D eigenvalue weighted by Crippen LogP contribution is -2.27. The first kappa shape index (κ1) is 19.1. The van der Waals surface area contributed by atoms with Gasteiger partial charge >= 0.3 is 5.97 Å². The smallest absolute Gasteiger partial charge is 0.345 e. The Hall–Kier alpha value is -3.68. The number of carbonyl (C=O) groups is 1. The number of fused-ring (bicyclic) bond motifs is 1. The maximum absolute atomic E-state index is 12.3. The van der Waals surface area contributed by atoms with E-state index in [-0.39, 0.29) is 18.9 Å². The molecule has 144 valence electrons. The normalized spacial score (nSPS) is 10.9. The number of aromatic nitrogens is 3. The summed E-state index contributed by atoms with van der Waals surface area (Å²) in [7, 11) is 1.52. The lowest BCUT2D eigenvalue weighted by atomic mass is 10.2. The number of hydrogen-bond donors (Lipinski definition) is 0. The fourth-order valence-corrected chi connectivity index (χ4v) is 2.52. The minimum Gasteiger partial charge on any atom is -0.493 e. The van der Waals surface area contributed by atoms with Gasteiger partial charge in [-0.15, -0.1) is 5.10 Å². The number of rotatable bonds is 7.